The fourth-order valence-corrected chi connectivity index (χ4v) is 3.07. The Morgan fingerprint density at radius 1 is 1.27 bits per heavy atom. The molecule has 0 aliphatic carbocycles. The maximum absolute atomic E-state index is 13.2. The van der Waals surface area contributed by atoms with Gasteiger partial charge in [-0.15, -0.1) is 0 Å². The van der Waals surface area contributed by atoms with Gasteiger partial charge in [-0.1, -0.05) is 41.9 Å². The van der Waals surface area contributed by atoms with Crippen LogP contribution in [0.3, 0.4) is 0 Å². The van der Waals surface area contributed by atoms with Crippen molar-refractivity contribution in [2.45, 2.75) is 32.2 Å². The van der Waals surface area contributed by atoms with Crippen LogP contribution in [0.15, 0.2) is 42.6 Å². The number of hydrazine groups is 1. The maximum atomic E-state index is 13.2. The molecule has 1 aliphatic heterocycles. The third kappa shape index (κ3) is 2.97. The van der Waals surface area contributed by atoms with E-state index in [2.05, 4.69) is 4.98 Å². The largest absolute Gasteiger partial charge is 0.293 e. The standard InChI is InChI=1S/C19H18ClN3O3/c1-19(2,3)22(11-24)23-14-9-13(20)10-21-16(14)15(18(23)26)17(25)12-7-5-4-6-8-12/h4-11,15H,1-3H3. The van der Waals surface area contributed by atoms with Crippen molar-refractivity contribution < 1.29 is 14.4 Å². The molecule has 0 radical (unpaired) electrons. The number of hydrogen-bond acceptors (Lipinski definition) is 4. The van der Waals surface area contributed by atoms with E-state index in [1.807, 2.05) is 0 Å². The van der Waals surface area contributed by atoms with E-state index in [-0.39, 0.29) is 5.78 Å². The number of ketones is 1. The molecule has 2 heterocycles. The first-order chi connectivity index (χ1) is 12.3. The molecule has 0 fully saturated rings. The van der Waals surface area contributed by atoms with Crippen molar-refractivity contribution in [1.82, 2.24) is 9.99 Å². The van der Waals surface area contributed by atoms with Gasteiger partial charge in [-0.3, -0.25) is 19.4 Å². The van der Waals surface area contributed by atoms with Crippen molar-refractivity contribution in [3.8, 4) is 0 Å². The van der Waals surface area contributed by atoms with Crippen molar-refractivity contribution in [3.63, 3.8) is 0 Å². The highest BCUT2D eigenvalue weighted by Gasteiger charge is 2.47. The Balaban J connectivity index is 2.14. The third-order valence-corrected chi connectivity index (χ3v) is 4.35. The van der Waals surface area contributed by atoms with Crippen LogP contribution in [-0.2, 0) is 9.59 Å². The molecule has 0 saturated carbocycles. The molecule has 6 nitrogen and oxygen atoms in total. The lowest BCUT2D eigenvalue weighted by Crippen LogP contribution is -2.54. The number of anilines is 1. The summed E-state index contributed by atoms with van der Waals surface area (Å²) >= 11 is 6.05. The Bertz CT molecular complexity index is 877. The van der Waals surface area contributed by atoms with Crippen LogP contribution in [-0.4, -0.2) is 33.6 Å². The molecule has 1 aliphatic rings. The van der Waals surface area contributed by atoms with Gasteiger partial charge < -0.3 is 0 Å². The molecular formula is C19H18ClN3O3. The summed E-state index contributed by atoms with van der Waals surface area (Å²) < 4.78 is 0. The second-order valence-electron chi connectivity index (χ2n) is 6.99. The summed E-state index contributed by atoms with van der Waals surface area (Å²) in [7, 11) is 0. The van der Waals surface area contributed by atoms with Gasteiger partial charge in [-0.05, 0) is 26.8 Å². The summed E-state index contributed by atoms with van der Waals surface area (Å²) in [6.07, 6.45) is 1.96. The predicted molar refractivity (Wildman–Crippen MR) is 97.9 cm³/mol. The first-order valence-electron chi connectivity index (χ1n) is 8.09. The maximum Gasteiger partial charge on any atom is 0.263 e. The number of hydrogen-bond donors (Lipinski definition) is 0. The van der Waals surface area contributed by atoms with Crippen molar-refractivity contribution in [2.75, 3.05) is 5.01 Å². The monoisotopic (exact) mass is 371 g/mol. The number of nitrogens with zero attached hydrogens (tertiary/aromatic N) is 3. The van der Waals surface area contributed by atoms with E-state index in [0.29, 0.717) is 28.4 Å². The van der Waals surface area contributed by atoms with Crippen LogP contribution in [0.1, 0.15) is 42.7 Å². The van der Waals surface area contributed by atoms with Crippen LogP contribution in [0.25, 0.3) is 0 Å². The van der Waals surface area contributed by atoms with E-state index < -0.39 is 17.4 Å². The molecule has 1 atom stereocenters. The quantitative estimate of drug-likeness (QED) is 0.470. The Kier molecular flexibility index (Phi) is 4.54. The summed E-state index contributed by atoms with van der Waals surface area (Å²) in [6, 6.07) is 10.1. The predicted octanol–water partition coefficient (Wildman–Crippen LogP) is 3.22. The van der Waals surface area contributed by atoms with E-state index in [9.17, 15) is 14.4 Å². The Hall–Kier alpha value is -2.73. The summed E-state index contributed by atoms with van der Waals surface area (Å²) in [6.45, 7) is 5.37. The number of Topliss-reactive ketones (excluding diaryl/α,β-unsaturated/α-hetero) is 1. The van der Waals surface area contributed by atoms with E-state index in [1.54, 1.807) is 57.2 Å². The van der Waals surface area contributed by atoms with Gasteiger partial charge in [-0.2, -0.15) is 0 Å². The molecule has 134 valence electrons. The zero-order chi connectivity index (χ0) is 19.1. The molecular weight excluding hydrogens is 354 g/mol. The molecule has 3 rings (SSSR count). The zero-order valence-electron chi connectivity index (χ0n) is 14.6. The molecule has 26 heavy (non-hydrogen) atoms. The Labute approximate surface area is 156 Å². The number of halogens is 1. The molecule has 0 bridgehead atoms. The van der Waals surface area contributed by atoms with Gasteiger partial charge in [0.05, 0.1) is 21.9 Å². The number of carbonyl (C=O) groups is 3. The second-order valence-corrected chi connectivity index (χ2v) is 7.43. The molecule has 2 amide bonds. The van der Waals surface area contributed by atoms with Crippen LogP contribution in [0.4, 0.5) is 5.69 Å². The summed E-state index contributed by atoms with van der Waals surface area (Å²) in [5.74, 6) is -2.01. The van der Waals surface area contributed by atoms with Gasteiger partial charge in [0.15, 0.2) is 5.78 Å². The second kappa shape index (κ2) is 6.53. The lowest BCUT2D eigenvalue weighted by Gasteiger charge is -2.38. The number of pyridine rings is 1. The fourth-order valence-electron chi connectivity index (χ4n) is 2.92. The molecule has 7 heteroatoms. The van der Waals surface area contributed by atoms with Gasteiger partial charge in [-0.25, -0.2) is 10.0 Å². The minimum atomic E-state index is -1.12. The molecule has 1 unspecified atom stereocenters. The fraction of sp³-hybridized carbons (Fsp3) is 0.263. The summed E-state index contributed by atoms with van der Waals surface area (Å²) in [5.41, 5.74) is 0.369. The highest BCUT2D eigenvalue weighted by Crippen LogP contribution is 2.41. The zero-order valence-corrected chi connectivity index (χ0v) is 15.4. The molecule has 2 aromatic rings. The number of rotatable bonds is 4. The van der Waals surface area contributed by atoms with Crippen LogP contribution >= 0.6 is 11.6 Å². The van der Waals surface area contributed by atoms with Crippen LogP contribution in [0.2, 0.25) is 5.02 Å². The van der Waals surface area contributed by atoms with E-state index >= 15 is 0 Å². The van der Waals surface area contributed by atoms with E-state index in [0.717, 1.165) is 0 Å². The highest BCUT2D eigenvalue weighted by atomic mass is 35.5. The van der Waals surface area contributed by atoms with Crippen LogP contribution in [0, 0.1) is 0 Å². The Morgan fingerprint density at radius 2 is 1.92 bits per heavy atom. The summed E-state index contributed by atoms with van der Waals surface area (Å²) in [4.78, 5) is 42.1. The smallest absolute Gasteiger partial charge is 0.263 e. The minimum absolute atomic E-state index is 0.296. The van der Waals surface area contributed by atoms with Crippen molar-refractivity contribution >= 4 is 35.4 Å². The molecule has 0 spiro atoms. The average molecular weight is 372 g/mol. The minimum Gasteiger partial charge on any atom is -0.293 e. The van der Waals surface area contributed by atoms with Crippen molar-refractivity contribution in [1.29, 1.82) is 0 Å². The van der Waals surface area contributed by atoms with Crippen LogP contribution in [0.5, 0.6) is 0 Å². The van der Waals surface area contributed by atoms with Crippen LogP contribution < -0.4 is 5.01 Å². The van der Waals surface area contributed by atoms with E-state index in [1.165, 1.54) is 16.2 Å². The van der Waals surface area contributed by atoms with Gasteiger partial charge >= 0.3 is 0 Å². The van der Waals surface area contributed by atoms with Gasteiger partial charge in [0, 0.05) is 11.8 Å². The molecule has 1 aromatic carbocycles. The molecule has 0 saturated heterocycles. The van der Waals surface area contributed by atoms with E-state index in [4.69, 9.17) is 11.6 Å². The number of fused-ring (bicyclic) bond motifs is 1. The number of carbonyl (C=O) groups excluding carboxylic acids is 3. The molecule has 0 N–H and O–H groups in total. The Morgan fingerprint density at radius 3 is 2.50 bits per heavy atom. The number of amides is 2. The topological polar surface area (TPSA) is 70.6 Å². The first-order valence-corrected chi connectivity index (χ1v) is 8.46. The third-order valence-electron chi connectivity index (χ3n) is 4.14. The number of aromatic nitrogens is 1. The first kappa shape index (κ1) is 18.1. The van der Waals surface area contributed by atoms with Crippen molar-refractivity contribution in [3.05, 3.63) is 58.9 Å². The highest BCUT2D eigenvalue weighted by molar-refractivity contribution is 6.31. The van der Waals surface area contributed by atoms with Gasteiger partial charge in [0.25, 0.3) is 5.91 Å². The SMILES string of the molecule is CC(C)(C)N(C=O)N1C(=O)C(C(=O)c2ccccc2)c2ncc(Cl)cc21. The summed E-state index contributed by atoms with van der Waals surface area (Å²) in [5, 5.41) is 2.77. The number of benzene rings is 1. The average Bonchev–Trinajstić information content (AvgIpc) is 2.86. The lowest BCUT2D eigenvalue weighted by molar-refractivity contribution is -0.132. The lowest BCUT2D eigenvalue weighted by atomic mass is 9.95. The normalized spacial score (nSPS) is 16.4. The van der Waals surface area contributed by atoms with Gasteiger partial charge in [0.1, 0.15) is 5.92 Å². The van der Waals surface area contributed by atoms with Crippen molar-refractivity contribution in [2.24, 2.45) is 0 Å². The molecule has 1 aromatic heterocycles. The van der Waals surface area contributed by atoms with Gasteiger partial charge in [0.2, 0.25) is 6.41 Å².